The van der Waals surface area contributed by atoms with Crippen molar-refractivity contribution in [3.8, 4) is 0 Å². The molecule has 158 valence electrons. The summed E-state index contributed by atoms with van der Waals surface area (Å²) in [7, 11) is 0. The number of fused-ring (bicyclic) bond motifs is 2. The summed E-state index contributed by atoms with van der Waals surface area (Å²) in [5, 5.41) is 4.01. The van der Waals surface area contributed by atoms with Gasteiger partial charge in [-0.05, 0) is 43.7 Å². The fourth-order valence-electron chi connectivity index (χ4n) is 4.20. The Kier molecular flexibility index (Phi) is 5.04. The van der Waals surface area contributed by atoms with E-state index in [1.165, 1.54) is 0 Å². The quantitative estimate of drug-likeness (QED) is 0.785. The first-order valence-electron chi connectivity index (χ1n) is 10.4. The normalized spacial score (nSPS) is 23.1. The average molecular weight is 434 g/mol. The highest BCUT2D eigenvalue weighted by Crippen LogP contribution is 2.28. The van der Waals surface area contributed by atoms with Crippen molar-refractivity contribution in [2.45, 2.75) is 19.9 Å². The summed E-state index contributed by atoms with van der Waals surface area (Å²) in [6.07, 6.45) is 17.4. The maximum absolute atomic E-state index is 13.2. The molecule has 1 N–H and O–H groups in total. The minimum absolute atomic E-state index is 0.0892. The Bertz CT molecular complexity index is 1220. The third-order valence-electron chi connectivity index (χ3n) is 5.72. The standard InChI is InChI=1S/C24H24ClN5O/c1-16-12-28(9-8-26-16)21-7-6-20-5-3-4-18(11-23(31)30(20)15-21)19-10-22(25)24-27-17(2)13-29(24)14-19/h3-7,10-11,13-16,26H,8-9,12H2,1-2H3/b4-3?,18-11?,20-5+/t16-/m0/s1. The van der Waals surface area contributed by atoms with Crippen LogP contribution in [0, 0.1) is 6.92 Å². The Morgan fingerprint density at radius 1 is 1.19 bits per heavy atom. The summed E-state index contributed by atoms with van der Waals surface area (Å²) in [6.45, 7) is 6.88. The minimum atomic E-state index is -0.0892. The first-order valence-corrected chi connectivity index (χ1v) is 10.8. The zero-order valence-corrected chi connectivity index (χ0v) is 18.3. The van der Waals surface area contributed by atoms with Crippen LogP contribution in [-0.2, 0) is 4.79 Å². The Morgan fingerprint density at radius 2 is 2.03 bits per heavy atom. The summed E-state index contributed by atoms with van der Waals surface area (Å²) in [6, 6.07) is 2.28. The topological polar surface area (TPSA) is 52.9 Å². The molecule has 5 heterocycles. The number of pyridine rings is 1. The van der Waals surface area contributed by atoms with E-state index in [4.69, 9.17) is 11.6 Å². The van der Waals surface area contributed by atoms with Crippen LogP contribution in [0.25, 0.3) is 11.2 Å². The molecule has 0 aromatic carbocycles. The second-order valence-corrected chi connectivity index (χ2v) is 8.54. The number of piperazine rings is 1. The Balaban J connectivity index is 1.49. The summed E-state index contributed by atoms with van der Waals surface area (Å²) in [4.78, 5) is 21.7. The smallest absolute Gasteiger partial charge is 0.255 e. The van der Waals surface area contributed by atoms with Gasteiger partial charge in [0.05, 0.1) is 16.4 Å². The molecule has 0 spiro atoms. The fourth-order valence-corrected chi connectivity index (χ4v) is 4.46. The molecule has 6 nitrogen and oxygen atoms in total. The van der Waals surface area contributed by atoms with Crippen molar-refractivity contribution in [2.24, 2.45) is 0 Å². The van der Waals surface area contributed by atoms with Crippen LogP contribution < -0.4 is 5.32 Å². The highest BCUT2D eigenvalue weighted by Gasteiger charge is 2.23. The summed E-state index contributed by atoms with van der Waals surface area (Å²) in [5.41, 5.74) is 5.18. The predicted octanol–water partition coefficient (Wildman–Crippen LogP) is 3.67. The monoisotopic (exact) mass is 433 g/mol. The molecule has 5 rings (SSSR count). The van der Waals surface area contributed by atoms with Crippen LogP contribution in [0.4, 0.5) is 0 Å². The summed E-state index contributed by atoms with van der Waals surface area (Å²) < 4.78 is 1.90. The number of amides is 1. The van der Waals surface area contributed by atoms with Crippen molar-refractivity contribution in [3.05, 3.63) is 88.8 Å². The van der Waals surface area contributed by atoms with Gasteiger partial charge >= 0.3 is 0 Å². The van der Waals surface area contributed by atoms with Gasteiger partial charge in [-0.2, -0.15) is 0 Å². The maximum atomic E-state index is 13.2. The third-order valence-corrected chi connectivity index (χ3v) is 6.00. The maximum Gasteiger partial charge on any atom is 0.255 e. The second kappa shape index (κ2) is 7.87. The Hall–Kier alpha value is -3.09. The molecular weight excluding hydrogens is 410 g/mol. The van der Waals surface area contributed by atoms with Crippen LogP contribution in [0.3, 0.4) is 0 Å². The zero-order chi connectivity index (χ0) is 21.5. The van der Waals surface area contributed by atoms with E-state index in [-0.39, 0.29) is 5.91 Å². The van der Waals surface area contributed by atoms with Crippen molar-refractivity contribution < 1.29 is 4.79 Å². The molecule has 0 unspecified atom stereocenters. The largest absolute Gasteiger partial charge is 0.368 e. The molecule has 1 fully saturated rings. The number of allylic oxidation sites excluding steroid dienone is 6. The van der Waals surface area contributed by atoms with Crippen molar-refractivity contribution in [1.29, 1.82) is 0 Å². The van der Waals surface area contributed by atoms with E-state index < -0.39 is 0 Å². The molecule has 31 heavy (non-hydrogen) atoms. The van der Waals surface area contributed by atoms with E-state index in [0.717, 1.165) is 47.9 Å². The number of imidazole rings is 1. The van der Waals surface area contributed by atoms with Crippen LogP contribution in [0.15, 0.2) is 72.5 Å². The van der Waals surface area contributed by atoms with Gasteiger partial charge in [-0.3, -0.25) is 9.69 Å². The summed E-state index contributed by atoms with van der Waals surface area (Å²) >= 11 is 6.46. The molecule has 1 atom stereocenters. The van der Waals surface area contributed by atoms with Gasteiger partial charge in [0, 0.05) is 61.6 Å². The van der Waals surface area contributed by atoms with Crippen LogP contribution in [0.2, 0.25) is 5.02 Å². The molecule has 1 saturated heterocycles. The van der Waals surface area contributed by atoms with Gasteiger partial charge < -0.3 is 14.6 Å². The van der Waals surface area contributed by atoms with E-state index in [1.807, 2.05) is 60.3 Å². The van der Waals surface area contributed by atoms with Crippen LogP contribution in [0.1, 0.15) is 18.2 Å². The van der Waals surface area contributed by atoms with Crippen LogP contribution in [-0.4, -0.2) is 50.8 Å². The van der Waals surface area contributed by atoms with Gasteiger partial charge in [0.2, 0.25) is 0 Å². The third kappa shape index (κ3) is 3.84. The van der Waals surface area contributed by atoms with Crippen LogP contribution in [0.5, 0.6) is 0 Å². The van der Waals surface area contributed by atoms with Crippen molar-refractivity contribution in [2.75, 3.05) is 19.6 Å². The Labute approximate surface area is 186 Å². The zero-order valence-electron chi connectivity index (χ0n) is 17.5. The number of rotatable bonds is 2. The summed E-state index contributed by atoms with van der Waals surface area (Å²) in [5.74, 6) is -0.0892. The number of aryl methyl sites for hydroxylation is 1. The Morgan fingerprint density at radius 3 is 2.87 bits per heavy atom. The lowest BCUT2D eigenvalue weighted by molar-refractivity contribution is -0.122. The number of aromatic nitrogens is 2. The number of nitrogens with one attached hydrogen (secondary N) is 1. The van der Waals surface area contributed by atoms with Crippen LogP contribution >= 0.6 is 11.6 Å². The predicted molar refractivity (Wildman–Crippen MR) is 123 cm³/mol. The molecule has 0 radical (unpaired) electrons. The lowest BCUT2D eigenvalue weighted by Crippen LogP contribution is -2.48. The number of nitrogens with zero attached hydrogens (tertiary/aromatic N) is 4. The number of hydrogen-bond acceptors (Lipinski definition) is 4. The SMILES string of the molecule is Cc1cn2cc(C3=CC(=O)N4C=C(N5CCN[C@@H](C)C5)C=C/C4=C\C=C3)cc(Cl)c2n1. The number of halogens is 1. The highest BCUT2D eigenvalue weighted by atomic mass is 35.5. The molecule has 0 aliphatic carbocycles. The first-order chi connectivity index (χ1) is 15.0. The first kappa shape index (κ1) is 19.8. The molecule has 2 aromatic rings. The highest BCUT2D eigenvalue weighted by molar-refractivity contribution is 6.33. The van der Waals surface area contributed by atoms with Gasteiger partial charge in [0.1, 0.15) is 0 Å². The van der Waals surface area contributed by atoms with Gasteiger partial charge in [-0.25, -0.2) is 4.98 Å². The lowest BCUT2D eigenvalue weighted by atomic mass is 10.0. The molecular formula is C24H24ClN5O. The van der Waals surface area contributed by atoms with Crippen molar-refractivity contribution in [3.63, 3.8) is 0 Å². The molecule has 2 aromatic heterocycles. The van der Waals surface area contributed by atoms with Gasteiger partial charge in [-0.15, -0.1) is 0 Å². The van der Waals surface area contributed by atoms with E-state index in [9.17, 15) is 4.79 Å². The molecule has 3 aliphatic rings. The van der Waals surface area contributed by atoms with E-state index in [0.29, 0.717) is 16.7 Å². The van der Waals surface area contributed by atoms with E-state index in [1.54, 1.807) is 11.0 Å². The van der Waals surface area contributed by atoms with Gasteiger partial charge in [-0.1, -0.05) is 23.8 Å². The van der Waals surface area contributed by atoms with Gasteiger partial charge in [0.15, 0.2) is 5.65 Å². The van der Waals surface area contributed by atoms with Gasteiger partial charge in [0.25, 0.3) is 5.91 Å². The fraction of sp³-hybridized carbons (Fsp3) is 0.250. The number of carbonyl (C=O) groups excluding carboxylic acids is 1. The molecule has 0 bridgehead atoms. The van der Waals surface area contributed by atoms with Crippen molar-refractivity contribution >= 4 is 28.7 Å². The average Bonchev–Trinajstić information content (AvgIpc) is 3.12. The lowest BCUT2D eigenvalue weighted by Gasteiger charge is -2.36. The molecule has 0 saturated carbocycles. The molecule has 3 aliphatic heterocycles. The second-order valence-electron chi connectivity index (χ2n) is 8.14. The van der Waals surface area contributed by atoms with Crippen molar-refractivity contribution in [1.82, 2.24) is 24.5 Å². The number of hydrogen-bond donors (Lipinski definition) is 1. The van der Waals surface area contributed by atoms with E-state index >= 15 is 0 Å². The minimum Gasteiger partial charge on any atom is -0.368 e. The molecule has 1 amide bonds. The molecule has 7 heteroatoms. The van der Waals surface area contributed by atoms with E-state index in [2.05, 4.69) is 28.2 Å². The number of carbonyl (C=O) groups is 1.